The number of amides is 17. The first kappa shape index (κ1) is 111. The third kappa shape index (κ3) is 42.3. The van der Waals surface area contributed by atoms with Gasteiger partial charge in [0, 0.05) is 19.3 Å². The highest BCUT2D eigenvalue weighted by molar-refractivity contribution is 6.01. The van der Waals surface area contributed by atoms with Crippen LogP contribution in [0.5, 0.6) is 0 Å². The maximum atomic E-state index is 14.6. The van der Waals surface area contributed by atoms with Crippen LogP contribution in [-0.4, -0.2) is 242 Å². The summed E-state index contributed by atoms with van der Waals surface area (Å²) < 4.78 is 0. The molecule has 712 valence electrons. The van der Waals surface area contributed by atoms with E-state index in [2.05, 4.69) is 85.1 Å². The maximum Gasteiger partial charge on any atom is 0.243 e. The highest BCUT2D eigenvalue weighted by atomic mass is 16.2. The van der Waals surface area contributed by atoms with E-state index >= 15 is 0 Å². The van der Waals surface area contributed by atoms with Crippen molar-refractivity contribution in [3.63, 3.8) is 0 Å². The second-order valence-corrected chi connectivity index (χ2v) is 32.1. The van der Waals surface area contributed by atoms with Crippen molar-refractivity contribution in [3.8, 4) is 0 Å². The van der Waals surface area contributed by atoms with Gasteiger partial charge in [-0.15, -0.1) is 0 Å². The van der Waals surface area contributed by atoms with Crippen LogP contribution in [0, 0.1) is 0 Å². The third-order valence-corrected chi connectivity index (χ3v) is 21.0. The van der Waals surface area contributed by atoms with Crippen LogP contribution in [0.15, 0.2) is 91.0 Å². The molecule has 0 saturated heterocycles. The Balaban J connectivity index is 1.77. The van der Waals surface area contributed by atoms with Crippen LogP contribution < -0.4 is 131 Å². The number of rotatable bonds is 63. The number of primary amides is 1. The molecule has 0 bridgehead atoms. The van der Waals surface area contributed by atoms with Crippen molar-refractivity contribution in [2.75, 3.05) is 39.3 Å². The molecule has 0 aliphatic heterocycles. The monoisotopic (exact) mass is 1800 g/mol. The average Bonchev–Trinajstić information content (AvgIpc) is 0.868. The first-order valence-corrected chi connectivity index (χ1v) is 44.2. The Hall–Kier alpha value is -11.6. The molecule has 41 nitrogen and oxygen atoms in total. The van der Waals surface area contributed by atoms with Gasteiger partial charge in [-0.1, -0.05) is 97.4 Å². The largest absolute Gasteiger partial charge is 0.368 e. The molecule has 0 aliphatic carbocycles. The van der Waals surface area contributed by atoms with Gasteiger partial charge in [0.25, 0.3) is 0 Å². The van der Waals surface area contributed by atoms with E-state index in [4.69, 9.17) is 45.9 Å². The second kappa shape index (κ2) is 60.9. The number of carbonyl (C=O) groups excluding carboxylic acids is 17. The van der Waals surface area contributed by atoms with Crippen LogP contribution in [0.3, 0.4) is 0 Å². The molecule has 17 atom stereocenters. The molecule has 0 fully saturated rings. The van der Waals surface area contributed by atoms with Crippen LogP contribution in [0.4, 0.5) is 0 Å². The summed E-state index contributed by atoms with van der Waals surface area (Å²) >= 11 is 0. The van der Waals surface area contributed by atoms with E-state index in [0.29, 0.717) is 113 Å². The predicted molar refractivity (Wildman–Crippen MR) is 481 cm³/mol. The topological polar surface area (TPSA) is 691 Å². The zero-order valence-corrected chi connectivity index (χ0v) is 75.1. The van der Waals surface area contributed by atoms with E-state index in [1.165, 1.54) is 55.4 Å². The van der Waals surface area contributed by atoms with E-state index in [1.54, 1.807) is 91.0 Å². The number of benzene rings is 3. The van der Waals surface area contributed by atoms with E-state index in [-0.39, 0.29) is 77.5 Å². The normalized spacial score (nSPS) is 15.1. The van der Waals surface area contributed by atoms with Gasteiger partial charge in [0.15, 0.2) is 0 Å². The lowest BCUT2D eigenvalue weighted by Crippen LogP contribution is -2.60. The highest BCUT2D eigenvalue weighted by Crippen LogP contribution is 2.15. The summed E-state index contributed by atoms with van der Waals surface area (Å²) in [4.78, 5) is 235. The lowest BCUT2D eigenvalue weighted by molar-refractivity contribution is -0.136. The SMILES string of the molecule is C[C@H](NC(=O)[C@H](C)NC(=O)[C@H](Cc1ccccc1)NC(=O)[C@H](C)NC(=O)[C@H](C)NC(=O)[C@H](Cc1ccccc1)NC(=O)[C@H](C)NC(=O)[C@H](C)NC(=O)[C@H](Cc1ccccc1)NC(=O)[C@H](C)NC(=O)[C@H](C)NC(=O)[C@H](CCCCN)NC(=O)[C@H](CCCCN)NC(=O)[C@H](CCCCN)NC(=O)[C@H](CCCCN)NC(=O)[C@H](CCCCN)NC(=O)[C@@H](N)CCCCN)C(N)=O. The van der Waals surface area contributed by atoms with Gasteiger partial charge in [-0.05, 0) is 221 Å². The van der Waals surface area contributed by atoms with Crippen molar-refractivity contribution < 1.29 is 81.5 Å². The molecular weight excluding hydrogens is 1650 g/mol. The summed E-state index contributed by atoms with van der Waals surface area (Å²) in [6.07, 6.45) is 5.78. The van der Waals surface area contributed by atoms with Crippen molar-refractivity contribution in [3.05, 3.63) is 108 Å². The molecule has 0 heterocycles. The van der Waals surface area contributed by atoms with Crippen LogP contribution in [0.1, 0.15) is 188 Å². The van der Waals surface area contributed by atoms with Gasteiger partial charge in [0.05, 0.1) is 6.04 Å². The molecule has 3 rings (SSSR count). The van der Waals surface area contributed by atoms with Crippen LogP contribution in [0.25, 0.3) is 0 Å². The van der Waals surface area contributed by atoms with Gasteiger partial charge < -0.3 is 131 Å². The predicted octanol–water partition coefficient (Wildman–Crippen LogP) is -4.78. The number of hydrogen-bond donors (Lipinski definition) is 24. The van der Waals surface area contributed by atoms with Gasteiger partial charge in [-0.2, -0.15) is 0 Å². The maximum absolute atomic E-state index is 14.6. The molecule has 41 heteroatoms. The summed E-state index contributed by atoms with van der Waals surface area (Å²) in [6, 6.07) is 3.99. The van der Waals surface area contributed by atoms with Gasteiger partial charge >= 0.3 is 0 Å². The van der Waals surface area contributed by atoms with Crippen molar-refractivity contribution >= 4 is 100 Å². The summed E-state index contributed by atoms with van der Waals surface area (Å²) in [6.45, 7) is 12.4. The lowest BCUT2D eigenvalue weighted by Gasteiger charge is -2.28. The van der Waals surface area contributed by atoms with E-state index in [0.717, 1.165) is 0 Å². The molecule has 32 N–H and O–H groups in total. The van der Waals surface area contributed by atoms with Gasteiger partial charge in [-0.25, -0.2) is 0 Å². The molecule has 0 unspecified atom stereocenters. The molecule has 128 heavy (non-hydrogen) atoms. The molecule has 17 amide bonds. The zero-order valence-electron chi connectivity index (χ0n) is 75.1. The molecule has 3 aromatic carbocycles. The average molecular weight is 1800 g/mol. The minimum Gasteiger partial charge on any atom is -0.368 e. The Morgan fingerprint density at radius 1 is 0.211 bits per heavy atom. The van der Waals surface area contributed by atoms with Gasteiger partial charge in [-0.3, -0.25) is 81.5 Å². The number of carbonyl (C=O) groups is 17. The van der Waals surface area contributed by atoms with Crippen molar-refractivity contribution in [2.45, 2.75) is 293 Å². The van der Waals surface area contributed by atoms with Gasteiger partial charge in [0.2, 0.25) is 100 Å². The van der Waals surface area contributed by atoms with E-state index in [1.807, 2.05) is 0 Å². The fourth-order valence-corrected chi connectivity index (χ4v) is 13.0. The molecule has 0 spiro atoms. The number of hydrogen-bond acceptors (Lipinski definition) is 24. The molecule has 0 aliphatic rings. The first-order chi connectivity index (χ1) is 60.9. The number of nitrogens with one attached hydrogen (secondary N) is 16. The van der Waals surface area contributed by atoms with Crippen molar-refractivity contribution in [2.24, 2.45) is 45.9 Å². The Morgan fingerprint density at radius 3 is 0.586 bits per heavy atom. The Kier molecular flexibility index (Phi) is 52.6. The van der Waals surface area contributed by atoms with Crippen molar-refractivity contribution in [1.82, 2.24) is 85.1 Å². The van der Waals surface area contributed by atoms with Crippen LogP contribution in [-0.2, 0) is 101 Å². The fraction of sp³-hybridized carbons (Fsp3) is 0.598. The smallest absolute Gasteiger partial charge is 0.243 e. The van der Waals surface area contributed by atoms with Crippen LogP contribution in [0.2, 0.25) is 0 Å². The molecule has 3 aromatic rings. The molecule has 0 saturated carbocycles. The summed E-state index contributed by atoms with van der Waals surface area (Å²) in [5, 5.41) is 41.9. The van der Waals surface area contributed by atoms with Gasteiger partial charge in [0.1, 0.15) is 96.7 Å². The standard InChI is InChI=1S/C87H142N24O17/c1-51(71(95)112)96-72(113)52(2)101-85(126)68(48-59-30-12-9-13-31-59)109-77(118)57(7)98-74(115)54(4)103-87(128)70(50-61-34-16-11-17-35-61)111-78(119)58(8)99-75(116)55(5)102-86(127)69(49-60-32-14-10-15-33-60)110-76(117)56(6)97-73(114)53(3)100-80(121)63(37-19-25-43-89)105-82(123)65(39-21-27-45-91)107-84(125)67(41-23-29-47-93)108-83(124)66(40-22-28-46-92)106-81(122)64(38-20-26-44-90)104-79(120)62(94)36-18-24-42-88/h9-17,30-35,51-58,62-70H,18-29,36-50,88-94H2,1-8H3,(H2,95,112)(H,96,113)(H,97,114)(H,98,115)(H,99,116)(H,100,121)(H,101,126)(H,102,127)(H,103,128)(H,104,120)(H,105,123)(H,106,122)(H,107,125)(H,108,124)(H,109,118)(H,110,117)(H,111,119)/t51-,52-,53-,54-,55-,56-,57-,58-,62-,63-,64-,65-,66-,67-,68-,69-,70-/m0/s1. The van der Waals surface area contributed by atoms with Crippen molar-refractivity contribution in [1.29, 1.82) is 0 Å². The van der Waals surface area contributed by atoms with E-state index in [9.17, 15) is 81.5 Å². The minimum atomic E-state index is -1.40. The molecule has 0 aromatic heterocycles. The number of unbranched alkanes of at least 4 members (excludes halogenated alkanes) is 6. The van der Waals surface area contributed by atoms with E-state index < -0.39 is 203 Å². The number of nitrogens with two attached hydrogens (primary N) is 8. The highest BCUT2D eigenvalue weighted by Gasteiger charge is 2.37. The fourth-order valence-electron chi connectivity index (χ4n) is 13.0. The third-order valence-electron chi connectivity index (χ3n) is 21.0. The summed E-state index contributed by atoms with van der Waals surface area (Å²) in [5.74, 6) is -13.5. The molecular formula is C87H142N24O17. The second-order valence-electron chi connectivity index (χ2n) is 32.1. The first-order valence-electron chi connectivity index (χ1n) is 44.2. The van der Waals surface area contributed by atoms with Crippen LogP contribution >= 0.6 is 0 Å². The Morgan fingerprint density at radius 2 is 0.375 bits per heavy atom. The minimum absolute atomic E-state index is 0.00862. The Labute approximate surface area is 749 Å². The summed E-state index contributed by atoms with van der Waals surface area (Å²) in [5.41, 5.74) is 48.0. The zero-order chi connectivity index (χ0) is 95.4. The summed E-state index contributed by atoms with van der Waals surface area (Å²) in [7, 11) is 0. The lowest BCUT2D eigenvalue weighted by atomic mass is 10.0. The molecule has 0 radical (unpaired) electrons. The quantitative estimate of drug-likeness (QED) is 0.0236. The Bertz CT molecular complexity index is 4030.